The highest BCUT2D eigenvalue weighted by atomic mass is 16.4. The van der Waals surface area contributed by atoms with Gasteiger partial charge in [0.2, 0.25) is 0 Å². The fourth-order valence-corrected chi connectivity index (χ4v) is 3.16. The first kappa shape index (κ1) is 14.1. The first-order valence-corrected chi connectivity index (χ1v) is 7.03. The largest absolute Gasteiger partial charge is 0.480 e. The van der Waals surface area contributed by atoms with Crippen LogP contribution >= 0.6 is 0 Å². The predicted molar refractivity (Wildman–Crippen MR) is 68.8 cm³/mol. The van der Waals surface area contributed by atoms with Crippen molar-refractivity contribution in [2.75, 3.05) is 19.7 Å². The van der Waals surface area contributed by atoms with E-state index in [-0.39, 0.29) is 31.3 Å². The van der Waals surface area contributed by atoms with Gasteiger partial charge in [-0.25, -0.2) is 4.79 Å². The molecule has 1 atom stereocenters. The van der Waals surface area contributed by atoms with Crippen LogP contribution in [0.5, 0.6) is 0 Å². The van der Waals surface area contributed by atoms with Crippen molar-refractivity contribution >= 4 is 12.0 Å². The van der Waals surface area contributed by atoms with Crippen LogP contribution in [0.2, 0.25) is 0 Å². The third kappa shape index (κ3) is 3.18. The van der Waals surface area contributed by atoms with Crippen LogP contribution in [0.4, 0.5) is 4.79 Å². The molecule has 6 nitrogen and oxygen atoms in total. The van der Waals surface area contributed by atoms with E-state index < -0.39 is 5.97 Å². The Morgan fingerprint density at radius 2 is 1.84 bits per heavy atom. The lowest BCUT2D eigenvalue weighted by atomic mass is 10.2. The monoisotopic (exact) mass is 270 g/mol. The number of carboxylic acids is 1. The Bertz CT molecular complexity index is 342. The van der Waals surface area contributed by atoms with E-state index in [9.17, 15) is 14.7 Å². The molecule has 0 spiro atoms. The molecular formula is C13H22N2O4. The van der Waals surface area contributed by atoms with Gasteiger partial charge in [0, 0.05) is 12.6 Å². The number of hydrogen-bond donors (Lipinski definition) is 2. The first-order valence-electron chi connectivity index (χ1n) is 7.03. The van der Waals surface area contributed by atoms with Crippen molar-refractivity contribution in [2.45, 2.75) is 50.6 Å². The summed E-state index contributed by atoms with van der Waals surface area (Å²) < 4.78 is 0. The molecule has 108 valence electrons. The maximum absolute atomic E-state index is 12.5. The Labute approximate surface area is 113 Å². The van der Waals surface area contributed by atoms with Gasteiger partial charge in [-0.2, -0.15) is 0 Å². The van der Waals surface area contributed by atoms with Gasteiger partial charge in [0.1, 0.15) is 6.54 Å². The zero-order valence-corrected chi connectivity index (χ0v) is 11.1. The van der Waals surface area contributed by atoms with Crippen molar-refractivity contribution in [2.24, 2.45) is 0 Å². The van der Waals surface area contributed by atoms with E-state index >= 15 is 0 Å². The van der Waals surface area contributed by atoms with Crippen LogP contribution in [0.25, 0.3) is 0 Å². The summed E-state index contributed by atoms with van der Waals surface area (Å²) in [5.74, 6) is -0.972. The van der Waals surface area contributed by atoms with Crippen molar-refractivity contribution in [1.29, 1.82) is 0 Å². The number of rotatable bonds is 4. The number of likely N-dealkylation sites (tertiary alicyclic amines) is 1. The van der Waals surface area contributed by atoms with Gasteiger partial charge < -0.3 is 20.0 Å². The molecule has 0 bridgehead atoms. The zero-order valence-electron chi connectivity index (χ0n) is 11.1. The summed E-state index contributed by atoms with van der Waals surface area (Å²) in [4.78, 5) is 26.6. The molecule has 6 heteroatoms. The Kier molecular flexibility index (Phi) is 4.63. The normalized spacial score (nSPS) is 23.8. The van der Waals surface area contributed by atoms with Crippen LogP contribution in [0.3, 0.4) is 0 Å². The minimum absolute atomic E-state index is 0.0443. The number of nitrogens with zero attached hydrogens (tertiary/aromatic N) is 2. The van der Waals surface area contributed by atoms with Gasteiger partial charge in [-0.1, -0.05) is 12.8 Å². The summed E-state index contributed by atoms with van der Waals surface area (Å²) in [7, 11) is 0. The van der Waals surface area contributed by atoms with Crippen LogP contribution < -0.4 is 0 Å². The highest BCUT2D eigenvalue weighted by Gasteiger charge is 2.35. The van der Waals surface area contributed by atoms with Gasteiger partial charge in [-0.05, 0) is 25.7 Å². The van der Waals surface area contributed by atoms with Crippen molar-refractivity contribution in [3.05, 3.63) is 0 Å². The molecule has 19 heavy (non-hydrogen) atoms. The van der Waals surface area contributed by atoms with Crippen LogP contribution in [0.15, 0.2) is 0 Å². The molecular weight excluding hydrogens is 248 g/mol. The summed E-state index contributed by atoms with van der Waals surface area (Å²) in [6.45, 7) is 0.336. The molecule has 0 aromatic heterocycles. The van der Waals surface area contributed by atoms with Gasteiger partial charge in [0.05, 0.1) is 12.6 Å². The van der Waals surface area contributed by atoms with Crippen LogP contribution in [0, 0.1) is 0 Å². The lowest BCUT2D eigenvalue weighted by molar-refractivity contribution is -0.138. The van der Waals surface area contributed by atoms with E-state index in [0.717, 1.165) is 38.5 Å². The van der Waals surface area contributed by atoms with Gasteiger partial charge in [-0.15, -0.1) is 0 Å². The summed E-state index contributed by atoms with van der Waals surface area (Å²) in [6, 6.07) is -0.320. The molecule has 2 amide bonds. The second-order valence-corrected chi connectivity index (χ2v) is 5.41. The number of urea groups is 1. The van der Waals surface area contributed by atoms with Gasteiger partial charge >= 0.3 is 12.0 Å². The topological polar surface area (TPSA) is 81.1 Å². The van der Waals surface area contributed by atoms with E-state index in [4.69, 9.17) is 5.11 Å². The van der Waals surface area contributed by atoms with Gasteiger partial charge in [0.25, 0.3) is 0 Å². The number of amides is 2. The Morgan fingerprint density at radius 1 is 1.16 bits per heavy atom. The fourth-order valence-electron chi connectivity index (χ4n) is 3.16. The molecule has 0 aromatic carbocycles. The summed E-state index contributed by atoms with van der Waals surface area (Å²) >= 11 is 0. The van der Waals surface area contributed by atoms with E-state index in [0.29, 0.717) is 6.54 Å². The third-order valence-electron chi connectivity index (χ3n) is 4.15. The smallest absolute Gasteiger partial charge is 0.323 e. The molecule has 0 aromatic rings. The number of aliphatic carboxylic acids is 1. The number of carboxylic acid groups (broad SMARTS) is 1. The molecule has 1 heterocycles. The molecule has 1 unspecified atom stereocenters. The van der Waals surface area contributed by atoms with Gasteiger partial charge in [0.15, 0.2) is 0 Å². The Hall–Kier alpha value is -1.30. The average molecular weight is 270 g/mol. The number of aliphatic hydroxyl groups excluding tert-OH is 1. The summed E-state index contributed by atoms with van der Waals surface area (Å²) in [5, 5.41) is 18.3. The average Bonchev–Trinajstić information content (AvgIpc) is 3.05. The molecule has 2 rings (SSSR count). The van der Waals surface area contributed by atoms with Gasteiger partial charge in [-0.3, -0.25) is 4.79 Å². The van der Waals surface area contributed by atoms with E-state index in [1.807, 2.05) is 0 Å². The second kappa shape index (κ2) is 6.23. The van der Waals surface area contributed by atoms with Crippen LogP contribution in [0.1, 0.15) is 38.5 Å². The molecule has 2 aliphatic rings. The number of aliphatic hydroxyl groups is 1. The second-order valence-electron chi connectivity index (χ2n) is 5.41. The standard InChI is InChI=1S/C13H22N2O4/c16-9-11-6-3-7-14(11)13(19)15(8-12(17)18)10-4-1-2-5-10/h10-11,16H,1-9H2,(H,17,18). The fraction of sp³-hybridized carbons (Fsp3) is 0.846. The molecule has 1 aliphatic heterocycles. The number of carbonyl (C=O) groups is 2. The summed E-state index contributed by atoms with van der Waals surface area (Å²) in [6.07, 6.45) is 5.55. The van der Waals surface area contributed by atoms with Crippen molar-refractivity contribution in [3.8, 4) is 0 Å². The highest BCUT2D eigenvalue weighted by molar-refractivity contribution is 5.81. The van der Waals surface area contributed by atoms with E-state index in [1.54, 1.807) is 4.90 Å². The maximum Gasteiger partial charge on any atom is 0.323 e. The number of hydrogen-bond acceptors (Lipinski definition) is 3. The summed E-state index contributed by atoms with van der Waals surface area (Å²) in [5.41, 5.74) is 0. The Balaban J connectivity index is 2.07. The molecule has 0 radical (unpaired) electrons. The van der Waals surface area contributed by atoms with E-state index in [1.165, 1.54) is 4.90 Å². The minimum Gasteiger partial charge on any atom is -0.480 e. The molecule has 2 N–H and O–H groups in total. The van der Waals surface area contributed by atoms with Crippen LogP contribution in [-0.2, 0) is 4.79 Å². The Morgan fingerprint density at radius 3 is 2.42 bits per heavy atom. The highest BCUT2D eigenvalue weighted by Crippen LogP contribution is 2.26. The van der Waals surface area contributed by atoms with E-state index in [2.05, 4.69) is 0 Å². The molecule has 1 saturated heterocycles. The predicted octanol–water partition coefficient (Wildman–Crippen LogP) is 0.892. The lowest BCUT2D eigenvalue weighted by Gasteiger charge is -2.34. The molecule has 1 saturated carbocycles. The van der Waals surface area contributed by atoms with Crippen molar-refractivity contribution < 1.29 is 19.8 Å². The third-order valence-corrected chi connectivity index (χ3v) is 4.15. The zero-order chi connectivity index (χ0) is 13.8. The number of carbonyl (C=O) groups excluding carboxylic acids is 1. The lowest BCUT2D eigenvalue weighted by Crippen LogP contribution is -2.51. The van der Waals surface area contributed by atoms with Crippen molar-refractivity contribution in [1.82, 2.24) is 9.80 Å². The maximum atomic E-state index is 12.5. The quantitative estimate of drug-likeness (QED) is 0.795. The molecule has 2 fully saturated rings. The van der Waals surface area contributed by atoms with Crippen LogP contribution in [-0.4, -0.2) is 63.8 Å². The molecule has 1 aliphatic carbocycles. The SMILES string of the molecule is O=C(O)CN(C(=O)N1CCCC1CO)C1CCCC1. The van der Waals surface area contributed by atoms with Crippen molar-refractivity contribution in [3.63, 3.8) is 0 Å². The first-order chi connectivity index (χ1) is 9.13. The minimum atomic E-state index is -0.972.